The van der Waals surface area contributed by atoms with Crippen molar-refractivity contribution >= 4 is 5.91 Å². The Morgan fingerprint density at radius 2 is 1.84 bits per heavy atom. The van der Waals surface area contributed by atoms with E-state index in [4.69, 9.17) is 0 Å². The summed E-state index contributed by atoms with van der Waals surface area (Å²) in [5.74, 6) is -0.0139. The Balaban J connectivity index is 1.78. The maximum atomic E-state index is 12.8. The Kier molecular flexibility index (Phi) is 5.23. The third-order valence-electron chi connectivity index (χ3n) is 4.18. The lowest BCUT2D eigenvalue weighted by Gasteiger charge is -2.17. The largest absolute Gasteiger partial charge is 0.337 e. The van der Waals surface area contributed by atoms with Gasteiger partial charge in [-0.1, -0.05) is 43.3 Å². The van der Waals surface area contributed by atoms with E-state index in [2.05, 4.69) is 29.1 Å². The van der Waals surface area contributed by atoms with Gasteiger partial charge in [-0.2, -0.15) is 5.10 Å². The molecule has 2 heterocycles. The summed E-state index contributed by atoms with van der Waals surface area (Å²) in [4.78, 5) is 18.7. The van der Waals surface area contributed by atoms with Gasteiger partial charge in [0.25, 0.3) is 5.91 Å². The van der Waals surface area contributed by atoms with Crippen LogP contribution in [-0.4, -0.2) is 32.6 Å². The zero-order valence-electron chi connectivity index (χ0n) is 14.6. The lowest BCUT2D eigenvalue weighted by atomic mass is 10.1. The van der Waals surface area contributed by atoms with Crippen LogP contribution in [0.5, 0.6) is 0 Å². The van der Waals surface area contributed by atoms with Crippen molar-refractivity contribution in [2.24, 2.45) is 0 Å². The van der Waals surface area contributed by atoms with Gasteiger partial charge in [0.2, 0.25) is 0 Å². The zero-order chi connectivity index (χ0) is 17.6. The van der Waals surface area contributed by atoms with E-state index in [-0.39, 0.29) is 5.91 Å². The fourth-order valence-corrected chi connectivity index (χ4v) is 2.90. The predicted octanol–water partition coefficient (Wildman–Crippen LogP) is 3.16. The molecule has 0 saturated heterocycles. The van der Waals surface area contributed by atoms with Crippen LogP contribution in [0.15, 0.2) is 61.1 Å². The smallest absolute Gasteiger partial charge is 0.257 e. The van der Waals surface area contributed by atoms with Crippen molar-refractivity contribution in [2.45, 2.75) is 26.4 Å². The highest BCUT2D eigenvalue weighted by Crippen LogP contribution is 2.15. The molecule has 5 heteroatoms. The van der Waals surface area contributed by atoms with Crippen molar-refractivity contribution in [2.75, 3.05) is 7.05 Å². The Bertz CT molecular complexity index is 827. The van der Waals surface area contributed by atoms with Crippen LogP contribution in [0, 0.1) is 0 Å². The number of amides is 1. The second-order valence-electron chi connectivity index (χ2n) is 6.02. The molecular formula is C20H22N4O. The molecule has 5 nitrogen and oxygen atoms in total. The normalized spacial score (nSPS) is 10.6. The van der Waals surface area contributed by atoms with Gasteiger partial charge in [-0.3, -0.25) is 14.5 Å². The SMILES string of the molecule is CCc1c(C(=O)N(C)Cc2cccnc2)cnn1Cc1ccccc1. The average molecular weight is 334 g/mol. The highest BCUT2D eigenvalue weighted by atomic mass is 16.2. The molecule has 2 aromatic heterocycles. The van der Waals surface area contributed by atoms with E-state index in [1.165, 1.54) is 5.56 Å². The minimum Gasteiger partial charge on any atom is -0.337 e. The Morgan fingerprint density at radius 1 is 1.08 bits per heavy atom. The summed E-state index contributed by atoms with van der Waals surface area (Å²) >= 11 is 0. The van der Waals surface area contributed by atoms with E-state index in [0.717, 1.165) is 17.7 Å². The quantitative estimate of drug-likeness (QED) is 0.696. The molecule has 0 aliphatic heterocycles. The molecule has 1 aromatic carbocycles. The lowest BCUT2D eigenvalue weighted by Crippen LogP contribution is -2.27. The van der Waals surface area contributed by atoms with Crippen LogP contribution in [0.4, 0.5) is 0 Å². The predicted molar refractivity (Wildman–Crippen MR) is 97.2 cm³/mol. The van der Waals surface area contributed by atoms with E-state index in [1.807, 2.05) is 42.1 Å². The number of hydrogen-bond donors (Lipinski definition) is 0. The minimum atomic E-state index is -0.0139. The topological polar surface area (TPSA) is 51.0 Å². The molecule has 0 radical (unpaired) electrons. The van der Waals surface area contributed by atoms with Gasteiger partial charge in [-0.25, -0.2) is 0 Å². The van der Waals surface area contributed by atoms with Gasteiger partial charge in [0.15, 0.2) is 0 Å². The van der Waals surface area contributed by atoms with Crippen LogP contribution in [0.2, 0.25) is 0 Å². The highest BCUT2D eigenvalue weighted by molar-refractivity contribution is 5.95. The van der Waals surface area contributed by atoms with Crippen molar-refractivity contribution in [3.05, 3.63) is 83.4 Å². The second kappa shape index (κ2) is 7.75. The van der Waals surface area contributed by atoms with Gasteiger partial charge in [-0.15, -0.1) is 0 Å². The molecule has 0 bridgehead atoms. The molecule has 3 aromatic rings. The fourth-order valence-electron chi connectivity index (χ4n) is 2.90. The summed E-state index contributed by atoms with van der Waals surface area (Å²) in [6, 6.07) is 14.0. The Morgan fingerprint density at radius 3 is 2.52 bits per heavy atom. The Hall–Kier alpha value is -2.95. The molecule has 0 aliphatic rings. The molecule has 0 N–H and O–H groups in total. The standard InChI is InChI=1S/C20H22N4O/c1-3-19-18(13-22-24(19)15-16-8-5-4-6-9-16)20(25)23(2)14-17-10-7-11-21-12-17/h4-13H,3,14-15H2,1-2H3. The van der Waals surface area contributed by atoms with Gasteiger partial charge < -0.3 is 4.90 Å². The first-order valence-electron chi connectivity index (χ1n) is 8.42. The number of rotatable bonds is 6. The average Bonchev–Trinajstić information content (AvgIpc) is 3.05. The third-order valence-corrected chi connectivity index (χ3v) is 4.18. The van der Waals surface area contributed by atoms with Crippen molar-refractivity contribution in [1.82, 2.24) is 19.7 Å². The molecule has 128 valence electrons. The fraction of sp³-hybridized carbons (Fsp3) is 0.250. The van der Waals surface area contributed by atoms with Crippen molar-refractivity contribution in [3.63, 3.8) is 0 Å². The lowest BCUT2D eigenvalue weighted by molar-refractivity contribution is 0.0783. The number of carbonyl (C=O) groups excluding carboxylic acids is 1. The summed E-state index contributed by atoms with van der Waals surface area (Å²) in [5, 5.41) is 4.45. The first kappa shape index (κ1) is 16.9. The molecule has 0 saturated carbocycles. The van der Waals surface area contributed by atoms with Gasteiger partial charge in [0, 0.05) is 26.0 Å². The first-order valence-corrected chi connectivity index (χ1v) is 8.42. The third kappa shape index (κ3) is 3.94. The molecule has 3 rings (SSSR count). The summed E-state index contributed by atoms with van der Waals surface area (Å²) in [6.45, 7) is 3.25. The summed E-state index contributed by atoms with van der Waals surface area (Å²) < 4.78 is 1.92. The number of carbonyl (C=O) groups is 1. The molecule has 0 fully saturated rings. The number of benzene rings is 1. The maximum Gasteiger partial charge on any atom is 0.257 e. The monoisotopic (exact) mass is 334 g/mol. The van der Waals surface area contributed by atoms with Gasteiger partial charge >= 0.3 is 0 Å². The van der Waals surface area contributed by atoms with Crippen molar-refractivity contribution in [1.29, 1.82) is 0 Å². The number of nitrogens with zero attached hydrogens (tertiary/aromatic N) is 4. The first-order chi connectivity index (χ1) is 12.2. The number of hydrogen-bond acceptors (Lipinski definition) is 3. The summed E-state index contributed by atoms with van der Waals surface area (Å²) in [6.07, 6.45) is 5.95. The second-order valence-corrected chi connectivity index (χ2v) is 6.02. The van der Waals surface area contributed by atoms with E-state index in [9.17, 15) is 4.79 Å². The molecule has 0 atom stereocenters. The highest BCUT2D eigenvalue weighted by Gasteiger charge is 2.19. The summed E-state index contributed by atoms with van der Waals surface area (Å²) in [5.41, 5.74) is 3.81. The van der Waals surface area contributed by atoms with Crippen LogP contribution in [0.1, 0.15) is 34.1 Å². The van der Waals surface area contributed by atoms with Crippen molar-refractivity contribution < 1.29 is 4.79 Å². The molecule has 0 unspecified atom stereocenters. The van der Waals surface area contributed by atoms with Gasteiger partial charge in [0.1, 0.15) is 0 Å². The zero-order valence-corrected chi connectivity index (χ0v) is 14.6. The molecule has 0 spiro atoms. The van der Waals surface area contributed by atoms with Crippen LogP contribution in [0.25, 0.3) is 0 Å². The molecular weight excluding hydrogens is 312 g/mol. The Labute approximate surface area is 147 Å². The van der Waals surface area contributed by atoms with Gasteiger partial charge in [0.05, 0.1) is 24.0 Å². The molecule has 25 heavy (non-hydrogen) atoms. The number of pyridine rings is 1. The van der Waals surface area contributed by atoms with Crippen LogP contribution in [-0.2, 0) is 19.5 Å². The molecule has 1 amide bonds. The van der Waals surface area contributed by atoms with E-state index in [0.29, 0.717) is 18.7 Å². The number of aromatic nitrogens is 3. The van der Waals surface area contributed by atoms with E-state index >= 15 is 0 Å². The molecule has 0 aliphatic carbocycles. The van der Waals surface area contributed by atoms with Crippen LogP contribution in [0.3, 0.4) is 0 Å². The van der Waals surface area contributed by atoms with Gasteiger partial charge in [-0.05, 0) is 23.6 Å². The van der Waals surface area contributed by atoms with E-state index < -0.39 is 0 Å². The summed E-state index contributed by atoms with van der Waals surface area (Å²) in [7, 11) is 1.81. The maximum absolute atomic E-state index is 12.8. The van der Waals surface area contributed by atoms with Crippen LogP contribution < -0.4 is 0 Å². The van der Waals surface area contributed by atoms with Crippen molar-refractivity contribution in [3.8, 4) is 0 Å². The minimum absolute atomic E-state index is 0.0139. The van der Waals surface area contributed by atoms with E-state index in [1.54, 1.807) is 23.5 Å². The van der Waals surface area contributed by atoms with Crippen LogP contribution >= 0.6 is 0 Å².